The monoisotopic (exact) mass is 344 g/mol. The average molecular weight is 344 g/mol. The van der Waals surface area contributed by atoms with Gasteiger partial charge in [-0.3, -0.25) is 14.6 Å². The number of carbonyl (C=O) groups excluding carboxylic acids is 2. The Morgan fingerprint density at radius 1 is 1.24 bits per heavy atom. The Kier molecular flexibility index (Phi) is 5.17. The minimum atomic E-state index is -0.328. The fraction of sp³-hybridized carbons (Fsp3) is 0.294. The van der Waals surface area contributed by atoms with Crippen LogP contribution in [0.3, 0.4) is 0 Å². The topological polar surface area (TPSA) is 84.4 Å². The molecular formula is C17H17FN4O3. The molecule has 8 heteroatoms. The van der Waals surface area contributed by atoms with E-state index in [-0.39, 0.29) is 35.9 Å². The van der Waals surface area contributed by atoms with Crippen molar-refractivity contribution in [2.45, 2.75) is 0 Å². The van der Waals surface area contributed by atoms with E-state index in [1.165, 1.54) is 42.9 Å². The predicted octanol–water partition coefficient (Wildman–Crippen LogP) is 0.883. The number of carbonyl (C=O) groups is 2. The van der Waals surface area contributed by atoms with E-state index in [0.717, 1.165) is 0 Å². The van der Waals surface area contributed by atoms with Crippen molar-refractivity contribution in [3.63, 3.8) is 0 Å². The predicted molar refractivity (Wildman–Crippen MR) is 86.3 cm³/mol. The van der Waals surface area contributed by atoms with E-state index in [1.54, 1.807) is 4.90 Å². The first kappa shape index (κ1) is 16.8. The van der Waals surface area contributed by atoms with E-state index in [2.05, 4.69) is 15.3 Å². The van der Waals surface area contributed by atoms with Crippen molar-refractivity contribution >= 4 is 11.8 Å². The Morgan fingerprint density at radius 3 is 2.68 bits per heavy atom. The summed E-state index contributed by atoms with van der Waals surface area (Å²) in [6.45, 7) is 1.34. The maximum Gasteiger partial charge on any atom is 0.274 e. The van der Waals surface area contributed by atoms with Gasteiger partial charge in [-0.1, -0.05) is 0 Å². The number of aromatic nitrogens is 2. The fourth-order valence-electron chi connectivity index (χ4n) is 2.40. The molecule has 1 aromatic carbocycles. The zero-order chi connectivity index (χ0) is 17.6. The first-order valence-electron chi connectivity index (χ1n) is 7.85. The van der Waals surface area contributed by atoms with E-state index in [4.69, 9.17) is 4.74 Å². The summed E-state index contributed by atoms with van der Waals surface area (Å²) in [5.74, 6) is -0.361. The Bertz CT molecular complexity index is 733. The largest absolute Gasteiger partial charge is 0.492 e. The number of benzene rings is 1. The van der Waals surface area contributed by atoms with Crippen LogP contribution in [0.25, 0.3) is 0 Å². The molecule has 1 fully saturated rings. The maximum absolute atomic E-state index is 12.8. The zero-order valence-corrected chi connectivity index (χ0v) is 13.4. The highest BCUT2D eigenvalue weighted by atomic mass is 19.1. The standard InChI is InChI=1S/C17H17FN4O3/c18-13-1-3-14(4-2-13)25-8-7-21-16(23)12-10-22(11-12)17(24)15-9-19-5-6-20-15/h1-6,9,12H,7-8,10-11H2,(H,21,23). The van der Waals surface area contributed by atoms with Crippen molar-refractivity contribution in [3.05, 3.63) is 54.4 Å². The van der Waals surface area contributed by atoms with Crippen molar-refractivity contribution in [3.8, 4) is 5.75 Å². The van der Waals surface area contributed by atoms with Crippen LogP contribution in [0.5, 0.6) is 5.75 Å². The Hall–Kier alpha value is -3.03. The number of amides is 2. The lowest BCUT2D eigenvalue weighted by molar-refractivity contribution is -0.129. The van der Waals surface area contributed by atoms with Crippen LogP contribution >= 0.6 is 0 Å². The minimum Gasteiger partial charge on any atom is -0.492 e. The summed E-state index contributed by atoms with van der Waals surface area (Å²) in [5, 5.41) is 2.76. The van der Waals surface area contributed by atoms with Gasteiger partial charge in [0.15, 0.2) is 0 Å². The number of halogens is 1. The lowest BCUT2D eigenvalue weighted by Crippen LogP contribution is -2.56. The summed E-state index contributed by atoms with van der Waals surface area (Å²) >= 11 is 0. The highest BCUT2D eigenvalue weighted by Crippen LogP contribution is 2.17. The molecular weight excluding hydrogens is 327 g/mol. The van der Waals surface area contributed by atoms with Gasteiger partial charge in [0.25, 0.3) is 5.91 Å². The molecule has 0 unspecified atom stereocenters. The van der Waals surface area contributed by atoms with Crippen LogP contribution in [0.1, 0.15) is 10.5 Å². The van der Waals surface area contributed by atoms with Gasteiger partial charge in [-0.2, -0.15) is 0 Å². The van der Waals surface area contributed by atoms with Crippen molar-refractivity contribution < 1.29 is 18.7 Å². The van der Waals surface area contributed by atoms with Gasteiger partial charge in [-0.15, -0.1) is 0 Å². The molecule has 0 atom stereocenters. The third-order valence-electron chi connectivity index (χ3n) is 3.81. The third-order valence-corrected chi connectivity index (χ3v) is 3.81. The van der Waals surface area contributed by atoms with Crippen LogP contribution in [0.2, 0.25) is 0 Å². The summed E-state index contributed by atoms with van der Waals surface area (Å²) < 4.78 is 18.2. The summed E-state index contributed by atoms with van der Waals surface area (Å²) in [5.41, 5.74) is 0.272. The van der Waals surface area contributed by atoms with Crippen LogP contribution in [0, 0.1) is 11.7 Å². The normalized spacial score (nSPS) is 13.9. The van der Waals surface area contributed by atoms with E-state index >= 15 is 0 Å². The summed E-state index contributed by atoms with van der Waals surface area (Å²) in [7, 11) is 0. The van der Waals surface area contributed by atoms with Crippen molar-refractivity contribution in [1.29, 1.82) is 0 Å². The lowest BCUT2D eigenvalue weighted by atomic mass is 9.99. The molecule has 0 radical (unpaired) electrons. The number of ether oxygens (including phenoxy) is 1. The van der Waals surface area contributed by atoms with Crippen molar-refractivity contribution in [2.75, 3.05) is 26.2 Å². The Balaban J connectivity index is 1.35. The highest BCUT2D eigenvalue weighted by Gasteiger charge is 2.36. The molecule has 0 saturated carbocycles. The molecule has 0 bridgehead atoms. The van der Waals surface area contributed by atoms with Gasteiger partial charge in [0.1, 0.15) is 23.9 Å². The number of nitrogens with one attached hydrogen (secondary N) is 1. The first-order chi connectivity index (χ1) is 12.1. The molecule has 25 heavy (non-hydrogen) atoms. The molecule has 2 aromatic rings. The number of likely N-dealkylation sites (tertiary alicyclic amines) is 1. The number of hydrogen-bond donors (Lipinski definition) is 1. The molecule has 2 amide bonds. The zero-order valence-electron chi connectivity index (χ0n) is 13.4. The molecule has 2 heterocycles. The second-order valence-corrected chi connectivity index (χ2v) is 5.59. The van der Waals surface area contributed by atoms with E-state index in [0.29, 0.717) is 25.4 Å². The van der Waals surface area contributed by atoms with E-state index in [1.807, 2.05) is 0 Å². The maximum atomic E-state index is 12.8. The summed E-state index contributed by atoms with van der Waals surface area (Å²) in [6.07, 6.45) is 4.36. The molecule has 7 nitrogen and oxygen atoms in total. The smallest absolute Gasteiger partial charge is 0.274 e. The average Bonchev–Trinajstić information content (AvgIpc) is 2.59. The SMILES string of the molecule is O=C(NCCOc1ccc(F)cc1)C1CN(C(=O)c2cnccn2)C1. The van der Waals surface area contributed by atoms with Gasteiger partial charge in [-0.05, 0) is 24.3 Å². The molecule has 3 rings (SSSR count). The minimum absolute atomic E-state index is 0.120. The van der Waals surface area contributed by atoms with Gasteiger partial charge in [0, 0.05) is 25.5 Å². The highest BCUT2D eigenvalue weighted by molar-refractivity contribution is 5.94. The van der Waals surface area contributed by atoms with Crippen LogP contribution in [0.4, 0.5) is 4.39 Å². The van der Waals surface area contributed by atoms with Gasteiger partial charge in [0.2, 0.25) is 5.91 Å². The van der Waals surface area contributed by atoms with E-state index in [9.17, 15) is 14.0 Å². The van der Waals surface area contributed by atoms with Crippen LogP contribution < -0.4 is 10.1 Å². The Labute approximate surface area is 143 Å². The van der Waals surface area contributed by atoms with Gasteiger partial charge in [0.05, 0.1) is 18.7 Å². The third kappa shape index (κ3) is 4.28. The molecule has 1 aromatic heterocycles. The number of hydrogen-bond acceptors (Lipinski definition) is 5. The molecule has 130 valence electrons. The van der Waals surface area contributed by atoms with Gasteiger partial charge >= 0.3 is 0 Å². The quantitative estimate of drug-likeness (QED) is 0.787. The lowest BCUT2D eigenvalue weighted by Gasteiger charge is -2.37. The molecule has 0 aliphatic carbocycles. The number of nitrogens with zero attached hydrogens (tertiary/aromatic N) is 3. The van der Waals surface area contributed by atoms with Crippen molar-refractivity contribution in [2.24, 2.45) is 5.92 Å². The van der Waals surface area contributed by atoms with Gasteiger partial charge < -0.3 is 15.0 Å². The van der Waals surface area contributed by atoms with Crippen LogP contribution in [-0.2, 0) is 4.79 Å². The molecule has 1 aliphatic heterocycles. The fourth-order valence-corrected chi connectivity index (χ4v) is 2.40. The second-order valence-electron chi connectivity index (χ2n) is 5.59. The molecule has 1 saturated heterocycles. The van der Waals surface area contributed by atoms with Gasteiger partial charge in [-0.25, -0.2) is 9.37 Å². The number of rotatable bonds is 6. The van der Waals surface area contributed by atoms with Crippen molar-refractivity contribution in [1.82, 2.24) is 20.2 Å². The molecule has 1 aliphatic rings. The van der Waals surface area contributed by atoms with E-state index < -0.39 is 0 Å². The van der Waals surface area contributed by atoms with Crippen LogP contribution in [-0.4, -0.2) is 52.9 Å². The Morgan fingerprint density at radius 2 is 2.00 bits per heavy atom. The second kappa shape index (κ2) is 7.69. The molecule has 1 N–H and O–H groups in total. The molecule has 0 spiro atoms. The van der Waals surface area contributed by atoms with Crippen LogP contribution in [0.15, 0.2) is 42.9 Å². The summed E-state index contributed by atoms with van der Waals surface area (Å²) in [6, 6.07) is 5.67. The first-order valence-corrected chi connectivity index (χ1v) is 7.85. The summed E-state index contributed by atoms with van der Waals surface area (Å²) in [4.78, 5) is 33.5.